The summed E-state index contributed by atoms with van der Waals surface area (Å²) in [5.74, 6) is 0.733. The van der Waals surface area contributed by atoms with Gasteiger partial charge in [-0.3, -0.25) is 4.79 Å². The van der Waals surface area contributed by atoms with Crippen LogP contribution in [0.3, 0.4) is 0 Å². The SMILES string of the molecule is COc1ccccc1OCC(=O)N/N=C/c1ccccc1Br. The lowest BCUT2D eigenvalue weighted by molar-refractivity contribution is -0.123. The Morgan fingerprint density at radius 2 is 1.86 bits per heavy atom. The zero-order chi connectivity index (χ0) is 15.8. The number of para-hydroxylation sites is 2. The van der Waals surface area contributed by atoms with Gasteiger partial charge in [0.25, 0.3) is 5.91 Å². The van der Waals surface area contributed by atoms with E-state index in [2.05, 4.69) is 26.5 Å². The average molecular weight is 363 g/mol. The molecule has 5 nitrogen and oxygen atoms in total. The molecule has 2 aromatic rings. The number of rotatable bonds is 6. The van der Waals surface area contributed by atoms with Gasteiger partial charge in [-0.25, -0.2) is 5.43 Å². The third kappa shape index (κ3) is 4.60. The van der Waals surface area contributed by atoms with E-state index in [1.54, 1.807) is 31.5 Å². The highest BCUT2D eigenvalue weighted by Gasteiger charge is 2.05. The van der Waals surface area contributed by atoms with Crippen molar-refractivity contribution >= 4 is 28.1 Å². The zero-order valence-electron chi connectivity index (χ0n) is 12.0. The number of hydrogen-bond acceptors (Lipinski definition) is 4. The maximum Gasteiger partial charge on any atom is 0.277 e. The van der Waals surface area contributed by atoms with Crippen LogP contribution in [0.4, 0.5) is 0 Å². The maximum absolute atomic E-state index is 11.7. The van der Waals surface area contributed by atoms with E-state index in [1.165, 1.54) is 0 Å². The fraction of sp³-hybridized carbons (Fsp3) is 0.125. The normalized spacial score (nSPS) is 10.5. The van der Waals surface area contributed by atoms with Crippen LogP contribution in [-0.4, -0.2) is 25.8 Å². The van der Waals surface area contributed by atoms with E-state index in [1.807, 2.05) is 30.3 Å². The molecule has 0 aliphatic heterocycles. The second-order valence-corrected chi connectivity index (χ2v) is 5.11. The molecule has 0 saturated carbocycles. The lowest BCUT2D eigenvalue weighted by Crippen LogP contribution is -2.24. The number of hydrogen-bond donors (Lipinski definition) is 1. The van der Waals surface area contributed by atoms with Crippen molar-refractivity contribution < 1.29 is 14.3 Å². The molecule has 114 valence electrons. The summed E-state index contributed by atoms with van der Waals surface area (Å²) in [6.07, 6.45) is 1.56. The number of methoxy groups -OCH3 is 1. The Balaban J connectivity index is 1.85. The third-order valence-corrected chi connectivity index (χ3v) is 3.45. The lowest BCUT2D eigenvalue weighted by Gasteiger charge is -2.09. The molecule has 0 radical (unpaired) electrons. The fourth-order valence-corrected chi connectivity index (χ4v) is 2.05. The molecule has 0 bridgehead atoms. The van der Waals surface area contributed by atoms with Gasteiger partial charge in [0.1, 0.15) is 0 Å². The Kier molecular flexibility index (Phi) is 5.97. The van der Waals surface area contributed by atoms with E-state index in [0.717, 1.165) is 10.0 Å². The average Bonchev–Trinajstić information content (AvgIpc) is 2.55. The molecule has 6 heteroatoms. The third-order valence-electron chi connectivity index (χ3n) is 2.73. The van der Waals surface area contributed by atoms with Gasteiger partial charge >= 0.3 is 0 Å². The minimum absolute atomic E-state index is 0.145. The molecule has 1 amide bonds. The number of benzene rings is 2. The predicted octanol–water partition coefficient (Wildman–Crippen LogP) is 2.99. The van der Waals surface area contributed by atoms with Crippen molar-refractivity contribution in [1.82, 2.24) is 5.43 Å². The zero-order valence-corrected chi connectivity index (χ0v) is 13.5. The molecule has 0 fully saturated rings. The largest absolute Gasteiger partial charge is 0.493 e. The van der Waals surface area contributed by atoms with Crippen LogP contribution >= 0.6 is 15.9 Å². The Hall–Kier alpha value is -2.34. The molecule has 0 aromatic heterocycles. The maximum atomic E-state index is 11.7. The van der Waals surface area contributed by atoms with Crippen LogP contribution in [0.2, 0.25) is 0 Å². The highest BCUT2D eigenvalue weighted by molar-refractivity contribution is 9.10. The van der Waals surface area contributed by atoms with Crippen LogP contribution in [0.5, 0.6) is 11.5 Å². The first-order chi connectivity index (χ1) is 10.7. The van der Waals surface area contributed by atoms with E-state index in [9.17, 15) is 4.79 Å². The monoisotopic (exact) mass is 362 g/mol. The van der Waals surface area contributed by atoms with Crippen LogP contribution in [0.1, 0.15) is 5.56 Å². The van der Waals surface area contributed by atoms with Crippen LogP contribution in [-0.2, 0) is 4.79 Å². The van der Waals surface area contributed by atoms with Gasteiger partial charge in [0, 0.05) is 10.0 Å². The predicted molar refractivity (Wildman–Crippen MR) is 88.4 cm³/mol. The van der Waals surface area contributed by atoms with Gasteiger partial charge in [-0.1, -0.05) is 46.3 Å². The van der Waals surface area contributed by atoms with Crippen molar-refractivity contribution in [2.24, 2.45) is 5.10 Å². The Morgan fingerprint density at radius 3 is 2.59 bits per heavy atom. The highest BCUT2D eigenvalue weighted by Crippen LogP contribution is 2.25. The van der Waals surface area contributed by atoms with E-state index in [4.69, 9.17) is 9.47 Å². The number of carbonyl (C=O) groups excluding carboxylic acids is 1. The molecule has 2 aromatic carbocycles. The summed E-state index contributed by atoms with van der Waals surface area (Å²) in [6, 6.07) is 14.7. The van der Waals surface area contributed by atoms with Crippen LogP contribution in [0.15, 0.2) is 58.1 Å². The van der Waals surface area contributed by atoms with E-state index in [0.29, 0.717) is 11.5 Å². The van der Waals surface area contributed by atoms with E-state index < -0.39 is 0 Å². The molecule has 0 spiro atoms. The Bertz CT molecular complexity index is 674. The second-order valence-electron chi connectivity index (χ2n) is 4.25. The molecule has 2 rings (SSSR count). The standard InChI is InChI=1S/C16H15BrN2O3/c1-21-14-8-4-5-9-15(14)22-11-16(20)19-18-10-12-6-2-3-7-13(12)17/h2-10H,11H2,1H3,(H,19,20)/b18-10+. The van der Waals surface area contributed by atoms with E-state index in [-0.39, 0.29) is 12.5 Å². The Labute approximate surface area is 137 Å². The molecule has 0 unspecified atom stereocenters. The van der Waals surface area contributed by atoms with Gasteiger partial charge in [0.2, 0.25) is 0 Å². The number of amides is 1. The minimum atomic E-state index is -0.353. The van der Waals surface area contributed by atoms with Gasteiger partial charge in [-0.2, -0.15) is 5.10 Å². The van der Waals surface area contributed by atoms with E-state index >= 15 is 0 Å². The summed E-state index contributed by atoms with van der Waals surface area (Å²) in [6.45, 7) is -0.145. The van der Waals surface area contributed by atoms with Gasteiger partial charge in [-0.05, 0) is 18.2 Å². The highest BCUT2D eigenvalue weighted by atomic mass is 79.9. The second kappa shape index (κ2) is 8.19. The van der Waals surface area contributed by atoms with Crippen molar-refractivity contribution in [3.63, 3.8) is 0 Å². The molecule has 0 aliphatic carbocycles. The molecule has 0 aliphatic rings. The molecule has 0 heterocycles. The fourth-order valence-electron chi connectivity index (χ4n) is 1.67. The molecule has 0 saturated heterocycles. The van der Waals surface area contributed by atoms with Gasteiger partial charge in [0.05, 0.1) is 13.3 Å². The number of carbonyl (C=O) groups is 1. The van der Waals surface area contributed by atoms with Crippen molar-refractivity contribution in [3.8, 4) is 11.5 Å². The summed E-state index contributed by atoms with van der Waals surface area (Å²) in [5, 5.41) is 3.89. The van der Waals surface area contributed by atoms with Crippen molar-refractivity contribution in [2.75, 3.05) is 13.7 Å². The van der Waals surface area contributed by atoms with Crippen LogP contribution < -0.4 is 14.9 Å². The van der Waals surface area contributed by atoms with Gasteiger partial charge in [0.15, 0.2) is 18.1 Å². The van der Waals surface area contributed by atoms with Crippen molar-refractivity contribution in [2.45, 2.75) is 0 Å². The van der Waals surface area contributed by atoms with Crippen LogP contribution in [0.25, 0.3) is 0 Å². The molecular formula is C16H15BrN2O3. The lowest BCUT2D eigenvalue weighted by atomic mass is 10.2. The van der Waals surface area contributed by atoms with Crippen molar-refractivity contribution in [1.29, 1.82) is 0 Å². The molecule has 0 atom stereocenters. The number of ether oxygens (including phenoxy) is 2. The topological polar surface area (TPSA) is 59.9 Å². The minimum Gasteiger partial charge on any atom is -0.493 e. The number of nitrogens with one attached hydrogen (secondary N) is 1. The summed E-state index contributed by atoms with van der Waals surface area (Å²) in [7, 11) is 1.55. The Morgan fingerprint density at radius 1 is 1.18 bits per heavy atom. The van der Waals surface area contributed by atoms with Gasteiger partial charge < -0.3 is 9.47 Å². The number of halogens is 1. The first-order valence-electron chi connectivity index (χ1n) is 6.53. The van der Waals surface area contributed by atoms with Gasteiger partial charge in [-0.15, -0.1) is 0 Å². The summed E-state index contributed by atoms with van der Waals surface area (Å²) < 4.78 is 11.4. The molecule has 22 heavy (non-hydrogen) atoms. The van der Waals surface area contributed by atoms with Crippen molar-refractivity contribution in [3.05, 3.63) is 58.6 Å². The summed E-state index contributed by atoms with van der Waals surface area (Å²) in [5.41, 5.74) is 3.28. The summed E-state index contributed by atoms with van der Waals surface area (Å²) in [4.78, 5) is 11.7. The molecule has 1 N–H and O–H groups in total. The molecular weight excluding hydrogens is 348 g/mol. The quantitative estimate of drug-likeness (QED) is 0.634. The first kappa shape index (κ1) is 16.0. The van der Waals surface area contributed by atoms with Crippen LogP contribution in [0, 0.1) is 0 Å². The first-order valence-corrected chi connectivity index (χ1v) is 7.32. The summed E-state index contributed by atoms with van der Waals surface area (Å²) >= 11 is 3.40. The number of nitrogens with zero attached hydrogens (tertiary/aromatic N) is 1. The number of hydrazone groups is 1. The smallest absolute Gasteiger partial charge is 0.277 e.